The van der Waals surface area contributed by atoms with Gasteiger partial charge >= 0.3 is 0 Å². The molecule has 88 valence electrons. The first-order valence-electron chi connectivity index (χ1n) is 4.78. The maximum Gasteiger partial charge on any atom is 0.223 e. The summed E-state index contributed by atoms with van der Waals surface area (Å²) < 4.78 is 5.06. The Balaban J connectivity index is 2.19. The minimum absolute atomic E-state index is 0.121. The molecule has 1 aromatic carbocycles. The van der Waals surface area contributed by atoms with Crippen molar-refractivity contribution in [2.45, 2.75) is 0 Å². The maximum atomic E-state index is 5.92. The van der Waals surface area contributed by atoms with Crippen LogP contribution in [0.15, 0.2) is 30.5 Å². The van der Waals surface area contributed by atoms with Crippen LogP contribution < -0.4 is 10.1 Å². The molecule has 0 radical (unpaired) electrons. The number of hydrogen-bond donors (Lipinski definition) is 1. The number of anilines is 2. The molecule has 0 saturated carbocycles. The van der Waals surface area contributed by atoms with E-state index >= 15 is 0 Å². The predicted molar refractivity (Wildman–Crippen MR) is 68.3 cm³/mol. The topological polar surface area (TPSA) is 47.0 Å². The van der Waals surface area contributed by atoms with Crippen LogP contribution in [0.5, 0.6) is 5.75 Å². The Hall–Kier alpha value is -1.52. The van der Waals surface area contributed by atoms with Gasteiger partial charge in [0.15, 0.2) is 5.15 Å². The van der Waals surface area contributed by atoms with Crippen molar-refractivity contribution in [1.82, 2.24) is 9.97 Å². The van der Waals surface area contributed by atoms with Crippen molar-refractivity contribution in [2.24, 2.45) is 0 Å². The minimum Gasteiger partial charge on any atom is -0.497 e. The van der Waals surface area contributed by atoms with E-state index < -0.39 is 0 Å². The highest BCUT2D eigenvalue weighted by atomic mass is 35.5. The van der Waals surface area contributed by atoms with Gasteiger partial charge in [-0.05, 0) is 35.9 Å². The van der Waals surface area contributed by atoms with Crippen molar-refractivity contribution in [2.75, 3.05) is 12.4 Å². The van der Waals surface area contributed by atoms with Crippen LogP contribution in [-0.4, -0.2) is 17.1 Å². The van der Waals surface area contributed by atoms with Crippen molar-refractivity contribution in [3.63, 3.8) is 0 Å². The molecule has 0 fully saturated rings. The summed E-state index contributed by atoms with van der Waals surface area (Å²) in [5.41, 5.74) is 1.46. The quantitative estimate of drug-likeness (QED) is 0.684. The first kappa shape index (κ1) is 12.0. The molecule has 0 aliphatic carbocycles. The van der Waals surface area contributed by atoms with E-state index in [1.807, 2.05) is 24.3 Å². The molecule has 0 atom stereocenters. The number of aromatic nitrogens is 2. The van der Waals surface area contributed by atoms with Crippen molar-refractivity contribution >= 4 is 34.6 Å². The second kappa shape index (κ2) is 5.21. The largest absolute Gasteiger partial charge is 0.497 e. The second-order valence-electron chi connectivity index (χ2n) is 3.20. The van der Waals surface area contributed by atoms with E-state index in [9.17, 15) is 0 Å². The fraction of sp³-hybridized carbons (Fsp3) is 0.0909. The summed E-state index contributed by atoms with van der Waals surface area (Å²) in [7, 11) is 1.62. The predicted octanol–water partition coefficient (Wildman–Crippen LogP) is 3.54. The van der Waals surface area contributed by atoms with Crippen LogP contribution in [0.1, 0.15) is 0 Å². The van der Waals surface area contributed by atoms with Crippen molar-refractivity contribution < 1.29 is 4.74 Å². The molecule has 6 heteroatoms. The Morgan fingerprint density at radius 1 is 1.18 bits per heavy atom. The van der Waals surface area contributed by atoms with E-state index in [0.29, 0.717) is 5.69 Å². The van der Waals surface area contributed by atoms with Crippen LogP contribution in [0.4, 0.5) is 11.4 Å². The summed E-state index contributed by atoms with van der Waals surface area (Å²) in [5.74, 6) is 0.786. The molecule has 0 spiro atoms. The number of nitrogens with one attached hydrogen (secondary N) is 1. The molecule has 2 aromatic rings. The number of benzene rings is 1. The molecule has 0 aliphatic rings. The molecule has 4 nitrogen and oxygen atoms in total. The SMILES string of the molecule is COc1ccc(Nc2cnc(Cl)nc2Cl)cc1. The smallest absolute Gasteiger partial charge is 0.223 e. The highest BCUT2D eigenvalue weighted by Gasteiger charge is 2.04. The summed E-state index contributed by atoms with van der Waals surface area (Å²) >= 11 is 11.5. The summed E-state index contributed by atoms with van der Waals surface area (Å²) in [6, 6.07) is 7.41. The number of hydrogen-bond acceptors (Lipinski definition) is 4. The Labute approximate surface area is 109 Å². The molecule has 1 N–H and O–H groups in total. The van der Waals surface area contributed by atoms with Crippen LogP contribution in [0.25, 0.3) is 0 Å². The van der Waals surface area contributed by atoms with E-state index in [1.54, 1.807) is 7.11 Å². The van der Waals surface area contributed by atoms with Gasteiger partial charge in [0.1, 0.15) is 5.75 Å². The fourth-order valence-electron chi connectivity index (χ4n) is 1.25. The van der Waals surface area contributed by atoms with Crippen molar-refractivity contribution in [1.29, 1.82) is 0 Å². The van der Waals surface area contributed by atoms with Gasteiger partial charge in [-0.25, -0.2) is 9.97 Å². The monoisotopic (exact) mass is 269 g/mol. The lowest BCUT2D eigenvalue weighted by molar-refractivity contribution is 0.415. The molecule has 1 aromatic heterocycles. The Kier molecular flexibility index (Phi) is 3.66. The zero-order valence-corrected chi connectivity index (χ0v) is 10.5. The van der Waals surface area contributed by atoms with Gasteiger partial charge in [-0.2, -0.15) is 0 Å². The normalized spacial score (nSPS) is 10.1. The van der Waals surface area contributed by atoms with Crippen LogP contribution in [-0.2, 0) is 0 Å². The first-order valence-corrected chi connectivity index (χ1v) is 5.54. The van der Waals surface area contributed by atoms with Crippen LogP contribution in [0.2, 0.25) is 10.4 Å². The highest BCUT2D eigenvalue weighted by Crippen LogP contribution is 2.24. The number of nitrogens with zero attached hydrogens (tertiary/aromatic N) is 2. The van der Waals surface area contributed by atoms with Crippen molar-refractivity contribution in [3.05, 3.63) is 40.9 Å². The third-order valence-corrected chi connectivity index (χ3v) is 2.55. The van der Waals surface area contributed by atoms with Gasteiger partial charge in [0.2, 0.25) is 5.28 Å². The fourth-order valence-corrected chi connectivity index (χ4v) is 1.61. The van der Waals surface area contributed by atoms with Gasteiger partial charge in [-0.3, -0.25) is 0 Å². The van der Waals surface area contributed by atoms with Gasteiger partial charge in [0, 0.05) is 5.69 Å². The summed E-state index contributed by atoms with van der Waals surface area (Å²) in [6.07, 6.45) is 1.53. The Morgan fingerprint density at radius 3 is 2.47 bits per heavy atom. The lowest BCUT2D eigenvalue weighted by Gasteiger charge is -2.08. The molecule has 0 unspecified atom stereocenters. The molecule has 0 saturated heterocycles. The third kappa shape index (κ3) is 2.99. The van der Waals surface area contributed by atoms with E-state index in [0.717, 1.165) is 11.4 Å². The van der Waals surface area contributed by atoms with Gasteiger partial charge in [0.25, 0.3) is 0 Å². The Morgan fingerprint density at radius 2 is 1.88 bits per heavy atom. The third-order valence-electron chi connectivity index (χ3n) is 2.08. The van der Waals surface area contributed by atoms with Gasteiger partial charge in [-0.15, -0.1) is 0 Å². The number of methoxy groups -OCH3 is 1. The maximum absolute atomic E-state index is 5.92. The average Bonchev–Trinajstić information content (AvgIpc) is 2.34. The van der Waals surface area contributed by atoms with Crippen molar-refractivity contribution in [3.8, 4) is 5.75 Å². The molecule has 1 heterocycles. The van der Waals surface area contributed by atoms with E-state index in [1.165, 1.54) is 6.20 Å². The van der Waals surface area contributed by atoms with E-state index in [2.05, 4.69) is 15.3 Å². The van der Waals surface area contributed by atoms with Crippen LogP contribution in [0.3, 0.4) is 0 Å². The lowest BCUT2D eigenvalue weighted by atomic mass is 10.3. The first-order chi connectivity index (χ1) is 8.19. The second-order valence-corrected chi connectivity index (χ2v) is 3.89. The van der Waals surface area contributed by atoms with Gasteiger partial charge < -0.3 is 10.1 Å². The summed E-state index contributed by atoms with van der Waals surface area (Å²) in [5, 5.41) is 3.48. The van der Waals surface area contributed by atoms with E-state index in [-0.39, 0.29) is 10.4 Å². The van der Waals surface area contributed by atoms with E-state index in [4.69, 9.17) is 27.9 Å². The molecule has 2 rings (SSSR count). The molecule has 17 heavy (non-hydrogen) atoms. The zero-order valence-electron chi connectivity index (χ0n) is 8.95. The van der Waals surface area contributed by atoms with Gasteiger partial charge in [0.05, 0.1) is 19.0 Å². The minimum atomic E-state index is 0.121. The number of rotatable bonds is 3. The highest BCUT2D eigenvalue weighted by molar-refractivity contribution is 6.33. The molecule has 0 aliphatic heterocycles. The molecular weight excluding hydrogens is 261 g/mol. The summed E-state index contributed by atoms with van der Waals surface area (Å²) in [4.78, 5) is 7.69. The average molecular weight is 270 g/mol. The lowest BCUT2D eigenvalue weighted by Crippen LogP contribution is -1.94. The number of ether oxygens (including phenoxy) is 1. The van der Waals surface area contributed by atoms with Gasteiger partial charge in [-0.1, -0.05) is 11.6 Å². The van der Waals surface area contributed by atoms with Crippen LogP contribution in [0, 0.1) is 0 Å². The molecule has 0 bridgehead atoms. The van der Waals surface area contributed by atoms with Crippen LogP contribution >= 0.6 is 23.2 Å². The number of halogens is 2. The summed E-state index contributed by atoms with van der Waals surface area (Å²) in [6.45, 7) is 0. The zero-order chi connectivity index (χ0) is 12.3. The standard InChI is InChI=1S/C11H9Cl2N3O/c1-17-8-4-2-7(3-5-8)15-9-6-14-11(13)16-10(9)12/h2-6,15H,1H3. The molecule has 0 amide bonds. The molecular formula is C11H9Cl2N3O. The Bertz CT molecular complexity index is 517.